The van der Waals surface area contributed by atoms with Crippen molar-refractivity contribution in [2.75, 3.05) is 13.7 Å². The number of fused-ring (bicyclic) bond motifs is 3. The number of benzene rings is 1. The molecule has 0 radical (unpaired) electrons. The highest BCUT2D eigenvalue weighted by atomic mass is 16.5. The molecule has 0 bridgehead atoms. The molecule has 134 valence electrons. The molecule has 3 rings (SSSR count). The number of rotatable bonds is 4. The second kappa shape index (κ2) is 6.43. The topological polar surface area (TPSA) is 75.0 Å². The van der Waals surface area contributed by atoms with Crippen LogP contribution in [-0.4, -0.2) is 25.3 Å². The molecule has 0 N–H and O–H groups in total. The van der Waals surface area contributed by atoms with Gasteiger partial charge in [0.05, 0.1) is 25.5 Å². The van der Waals surface area contributed by atoms with E-state index in [1.807, 2.05) is 13.8 Å². The first-order chi connectivity index (χ1) is 11.8. The lowest BCUT2D eigenvalue weighted by molar-refractivity contribution is -0.142. The zero-order valence-electron chi connectivity index (χ0n) is 14.9. The van der Waals surface area contributed by atoms with Crippen molar-refractivity contribution in [2.45, 2.75) is 45.6 Å². The molecule has 1 aliphatic rings. The van der Waals surface area contributed by atoms with Crippen LogP contribution in [0.1, 0.15) is 38.3 Å². The predicted molar refractivity (Wildman–Crippen MR) is 92.4 cm³/mol. The van der Waals surface area contributed by atoms with E-state index in [9.17, 15) is 9.59 Å². The molecule has 0 unspecified atom stereocenters. The number of carbonyl (C=O) groups excluding carboxylic acids is 1. The van der Waals surface area contributed by atoms with Crippen molar-refractivity contribution in [2.24, 2.45) is 0 Å². The third-order valence-corrected chi connectivity index (χ3v) is 4.35. The van der Waals surface area contributed by atoms with Gasteiger partial charge in [-0.1, -0.05) is 0 Å². The van der Waals surface area contributed by atoms with Crippen molar-refractivity contribution in [1.29, 1.82) is 0 Å². The van der Waals surface area contributed by atoms with E-state index in [4.69, 9.17) is 18.6 Å². The highest BCUT2D eigenvalue weighted by Gasteiger charge is 2.30. The number of esters is 1. The first-order valence-electron chi connectivity index (χ1n) is 8.36. The number of aryl methyl sites for hydroxylation is 1. The molecule has 0 fully saturated rings. The summed E-state index contributed by atoms with van der Waals surface area (Å²) in [7, 11) is 1.54. The lowest BCUT2D eigenvalue weighted by Crippen LogP contribution is -2.32. The SMILES string of the molecule is CCOC(=O)Cc1cc(=O)oc2c3c(cc(OC)c12)OC(C)(C)CC3. The highest BCUT2D eigenvalue weighted by molar-refractivity contribution is 5.93. The Labute approximate surface area is 145 Å². The molecule has 25 heavy (non-hydrogen) atoms. The van der Waals surface area contributed by atoms with E-state index in [0.29, 0.717) is 34.5 Å². The summed E-state index contributed by atoms with van der Waals surface area (Å²) in [5, 5.41) is 0.622. The molecule has 6 nitrogen and oxygen atoms in total. The molecule has 0 spiro atoms. The zero-order valence-corrected chi connectivity index (χ0v) is 14.9. The summed E-state index contributed by atoms with van der Waals surface area (Å²) in [4.78, 5) is 24.0. The van der Waals surface area contributed by atoms with Gasteiger partial charge < -0.3 is 18.6 Å². The van der Waals surface area contributed by atoms with Gasteiger partial charge in [0.15, 0.2) is 0 Å². The number of hydrogen-bond acceptors (Lipinski definition) is 6. The van der Waals surface area contributed by atoms with Gasteiger partial charge in [0, 0.05) is 17.7 Å². The Morgan fingerprint density at radius 3 is 2.76 bits per heavy atom. The third-order valence-electron chi connectivity index (χ3n) is 4.35. The number of methoxy groups -OCH3 is 1. The number of hydrogen-bond donors (Lipinski definition) is 0. The van der Waals surface area contributed by atoms with E-state index < -0.39 is 11.6 Å². The zero-order chi connectivity index (χ0) is 18.2. The Balaban J connectivity index is 2.23. The van der Waals surface area contributed by atoms with Crippen molar-refractivity contribution in [1.82, 2.24) is 0 Å². The molecule has 2 aromatic rings. The van der Waals surface area contributed by atoms with Crippen LogP contribution in [-0.2, 0) is 22.4 Å². The fourth-order valence-electron chi connectivity index (χ4n) is 3.18. The van der Waals surface area contributed by atoms with Gasteiger partial charge in [0.1, 0.15) is 22.7 Å². The quantitative estimate of drug-likeness (QED) is 0.626. The minimum Gasteiger partial charge on any atom is -0.496 e. The van der Waals surface area contributed by atoms with Crippen LogP contribution in [0.15, 0.2) is 21.3 Å². The van der Waals surface area contributed by atoms with Crippen molar-refractivity contribution >= 4 is 16.9 Å². The summed E-state index contributed by atoms with van der Waals surface area (Å²) in [6.45, 7) is 6.05. The summed E-state index contributed by atoms with van der Waals surface area (Å²) < 4.78 is 22.0. The van der Waals surface area contributed by atoms with E-state index >= 15 is 0 Å². The molecule has 0 saturated heterocycles. The highest BCUT2D eigenvalue weighted by Crippen LogP contribution is 2.42. The Morgan fingerprint density at radius 1 is 1.32 bits per heavy atom. The molecule has 0 amide bonds. The largest absolute Gasteiger partial charge is 0.496 e. The number of carbonyl (C=O) groups is 1. The van der Waals surface area contributed by atoms with Gasteiger partial charge >= 0.3 is 11.6 Å². The Bertz CT molecular complexity index is 878. The first-order valence-corrected chi connectivity index (χ1v) is 8.36. The Hall–Kier alpha value is -2.50. The van der Waals surface area contributed by atoms with E-state index in [1.54, 1.807) is 13.0 Å². The molecule has 0 aliphatic carbocycles. The monoisotopic (exact) mass is 346 g/mol. The van der Waals surface area contributed by atoms with Gasteiger partial charge in [0.2, 0.25) is 0 Å². The van der Waals surface area contributed by atoms with Gasteiger partial charge in [-0.3, -0.25) is 4.79 Å². The molecule has 0 saturated carbocycles. The van der Waals surface area contributed by atoms with E-state index in [1.165, 1.54) is 13.2 Å². The minimum atomic E-state index is -0.507. The maximum atomic E-state index is 12.1. The van der Waals surface area contributed by atoms with Crippen molar-refractivity contribution in [3.63, 3.8) is 0 Å². The summed E-state index contributed by atoms with van der Waals surface area (Å²) in [6.07, 6.45) is 1.50. The smallest absolute Gasteiger partial charge is 0.336 e. The lowest BCUT2D eigenvalue weighted by Gasteiger charge is -2.33. The third kappa shape index (κ3) is 3.34. The maximum Gasteiger partial charge on any atom is 0.336 e. The second-order valence-corrected chi connectivity index (χ2v) is 6.69. The van der Waals surface area contributed by atoms with Crippen molar-refractivity contribution in [3.8, 4) is 11.5 Å². The maximum absolute atomic E-state index is 12.1. The second-order valence-electron chi connectivity index (χ2n) is 6.69. The fraction of sp³-hybridized carbons (Fsp3) is 0.474. The van der Waals surface area contributed by atoms with Crippen LogP contribution in [0.4, 0.5) is 0 Å². The molecule has 6 heteroatoms. The number of ether oxygens (including phenoxy) is 3. The van der Waals surface area contributed by atoms with Crippen LogP contribution in [0.25, 0.3) is 11.0 Å². The summed E-state index contributed by atoms with van der Waals surface area (Å²) >= 11 is 0. The molecule has 0 atom stereocenters. The van der Waals surface area contributed by atoms with E-state index in [2.05, 4.69) is 0 Å². The van der Waals surface area contributed by atoms with Crippen LogP contribution in [0, 0.1) is 0 Å². The van der Waals surface area contributed by atoms with Gasteiger partial charge in [-0.25, -0.2) is 4.79 Å². The molecule has 1 aromatic heterocycles. The molecule has 1 aromatic carbocycles. The van der Waals surface area contributed by atoms with Gasteiger partial charge in [-0.2, -0.15) is 0 Å². The fourth-order valence-corrected chi connectivity index (χ4v) is 3.18. The van der Waals surface area contributed by atoms with E-state index in [0.717, 1.165) is 12.0 Å². The predicted octanol–water partition coefficient (Wildman–Crippen LogP) is 3.01. The van der Waals surface area contributed by atoms with E-state index in [-0.39, 0.29) is 18.6 Å². The standard InChI is InChI=1S/C19H22O6/c1-5-23-15(20)8-11-9-16(21)24-18-12-6-7-19(2,3)25-13(12)10-14(22-4)17(11)18/h9-10H,5-8H2,1-4H3. The first kappa shape index (κ1) is 17.3. The van der Waals surface area contributed by atoms with Gasteiger partial charge in [-0.05, 0) is 39.2 Å². The van der Waals surface area contributed by atoms with Crippen molar-refractivity contribution < 1.29 is 23.4 Å². The average Bonchev–Trinajstić information content (AvgIpc) is 2.52. The van der Waals surface area contributed by atoms with Crippen molar-refractivity contribution in [3.05, 3.63) is 33.7 Å². The Morgan fingerprint density at radius 2 is 2.08 bits per heavy atom. The molecule has 2 heterocycles. The van der Waals surface area contributed by atoms with Gasteiger partial charge in [0.25, 0.3) is 0 Å². The summed E-state index contributed by atoms with van der Waals surface area (Å²) in [5.41, 5.74) is 0.991. The Kier molecular flexibility index (Phi) is 4.45. The minimum absolute atomic E-state index is 0.0164. The van der Waals surface area contributed by atoms with Crippen LogP contribution in [0.5, 0.6) is 11.5 Å². The van der Waals surface area contributed by atoms with Crippen LogP contribution < -0.4 is 15.1 Å². The van der Waals surface area contributed by atoms with Crippen LogP contribution in [0.3, 0.4) is 0 Å². The molecule has 1 aliphatic heterocycles. The summed E-state index contributed by atoms with van der Waals surface area (Å²) in [5.74, 6) is 0.762. The molecular weight excluding hydrogens is 324 g/mol. The lowest BCUT2D eigenvalue weighted by atomic mass is 9.92. The van der Waals surface area contributed by atoms with Crippen LogP contribution in [0.2, 0.25) is 0 Å². The normalized spacial score (nSPS) is 15.4. The average molecular weight is 346 g/mol. The summed E-state index contributed by atoms with van der Waals surface area (Å²) in [6, 6.07) is 3.12. The van der Waals surface area contributed by atoms with Crippen LogP contribution >= 0.6 is 0 Å². The van der Waals surface area contributed by atoms with Gasteiger partial charge in [-0.15, -0.1) is 0 Å². The molecular formula is C19H22O6.